The minimum atomic E-state index is -0.0702. The van der Waals surface area contributed by atoms with Crippen LogP contribution in [0.2, 0.25) is 0 Å². The first-order valence-corrected chi connectivity index (χ1v) is 8.00. The van der Waals surface area contributed by atoms with Crippen LogP contribution >= 0.6 is 11.6 Å². The summed E-state index contributed by atoms with van der Waals surface area (Å²) in [5, 5.41) is 5.50. The van der Waals surface area contributed by atoms with Gasteiger partial charge in [-0.05, 0) is 31.0 Å². The van der Waals surface area contributed by atoms with E-state index in [9.17, 15) is 9.59 Å². The summed E-state index contributed by atoms with van der Waals surface area (Å²) in [5.41, 5.74) is 0.923. The molecule has 2 N–H and O–H groups in total. The molecule has 0 spiro atoms. The lowest BCUT2D eigenvalue weighted by molar-refractivity contribution is -0.122. The van der Waals surface area contributed by atoms with E-state index in [1.54, 1.807) is 0 Å². The molecule has 0 aromatic heterocycles. The maximum atomic E-state index is 11.8. The molecule has 2 amide bonds. The van der Waals surface area contributed by atoms with E-state index >= 15 is 0 Å². The molecule has 0 aliphatic heterocycles. The molecular weight excluding hydrogens is 304 g/mol. The third kappa shape index (κ3) is 7.88. The van der Waals surface area contributed by atoms with Crippen LogP contribution in [0.15, 0.2) is 24.3 Å². The molecule has 6 heteroatoms. The van der Waals surface area contributed by atoms with Crippen molar-refractivity contribution in [3.63, 3.8) is 0 Å². The van der Waals surface area contributed by atoms with Gasteiger partial charge >= 0.3 is 0 Å². The Morgan fingerprint density at radius 1 is 1.09 bits per heavy atom. The molecule has 0 saturated heterocycles. The van der Waals surface area contributed by atoms with E-state index in [-0.39, 0.29) is 11.8 Å². The molecule has 0 unspecified atom stereocenters. The fourth-order valence-corrected chi connectivity index (χ4v) is 1.97. The number of ether oxygens (including phenoxy) is 1. The Bertz CT molecular complexity index is 463. The molecule has 5 nitrogen and oxygen atoms in total. The zero-order chi connectivity index (χ0) is 16.2. The van der Waals surface area contributed by atoms with Gasteiger partial charge in [-0.15, -0.1) is 11.6 Å². The molecule has 1 aromatic rings. The van der Waals surface area contributed by atoms with Gasteiger partial charge in [0.2, 0.25) is 11.8 Å². The highest BCUT2D eigenvalue weighted by molar-refractivity contribution is 6.17. The number of alkyl halides is 1. The summed E-state index contributed by atoms with van der Waals surface area (Å²) in [7, 11) is 0. The predicted octanol–water partition coefficient (Wildman–Crippen LogP) is 1.88. The van der Waals surface area contributed by atoms with Crippen LogP contribution in [0.25, 0.3) is 0 Å². The van der Waals surface area contributed by atoms with Gasteiger partial charge in [-0.25, -0.2) is 0 Å². The lowest BCUT2D eigenvalue weighted by Gasteiger charge is -2.08. The minimum Gasteiger partial charge on any atom is -0.494 e. The second-order valence-corrected chi connectivity index (χ2v) is 5.12. The van der Waals surface area contributed by atoms with E-state index in [0.29, 0.717) is 44.8 Å². The fraction of sp³-hybridized carbons (Fsp3) is 0.500. The Kier molecular flexibility index (Phi) is 9.07. The summed E-state index contributed by atoms with van der Waals surface area (Å²) < 4.78 is 5.35. The normalized spacial score (nSPS) is 10.1. The van der Waals surface area contributed by atoms with Gasteiger partial charge in [0.05, 0.1) is 13.0 Å². The number of nitrogens with one attached hydrogen (secondary N) is 2. The largest absolute Gasteiger partial charge is 0.494 e. The Balaban J connectivity index is 2.19. The summed E-state index contributed by atoms with van der Waals surface area (Å²) in [4.78, 5) is 23.1. The average Bonchev–Trinajstić information content (AvgIpc) is 2.52. The van der Waals surface area contributed by atoms with Crippen molar-refractivity contribution in [3.05, 3.63) is 29.8 Å². The highest BCUT2D eigenvalue weighted by Crippen LogP contribution is 2.12. The van der Waals surface area contributed by atoms with Crippen LogP contribution in [0.1, 0.15) is 25.3 Å². The number of hydrogen-bond donors (Lipinski definition) is 2. The summed E-state index contributed by atoms with van der Waals surface area (Å²) in [6.07, 6.45) is 1.40. The predicted molar refractivity (Wildman–Crippen MR) is 87.3 cm³/mol. The summed E-state index contributed by atoms with van der Waals surface area (Å²) in [6.45, 7) is 3.39. The van der Waals surface area contributed by atoms with Crippen molar-refractivity contribution in [2.45, 2.75) is 26.2 Å². The zero-order valence-corrected chi connectivity index (χ0v) is 13.6. The van der Waals surface area contributed by atoms with Gasteiger partial charge in [0.25, 0.3) is 0 Å². The van der Waals surface area contributed by atoms with Gasteiger partial charge in [0, 0.05) is 25.4 Å². The maximum absolute atomic E-state index is 11.8. The van der Waals surface area contributed by atoms with E-state index in [4.69, 9.17) is 16.3 Å². The van der Waals surface area contributed by atoms with Crippen LogP contribution < -0.4 is 15.4 Å². The van der Waals surface area contributed by atoms with Gasteiger partial charge in [-0.3, -0.25) is 9.59 Å². The third-order valence-corrected chi connectivity index (χ3v) is 3.17. The van der Waals surface area contributed by atoms with Crippen molar-refractivity contribution >= 4 is 23.4 Å². The lowest BCUT2D eigenvalue weighted by atomic mass is 10.1. The molecule has 0 fully saturated rings. The monoisotopic (exact) mass is 326 g/mol. The second kappa shape index (κ2) is 10.9. The Hall–Kier alpha value is -1.75. The first kappa shape index (κ1) is 18.3. The molecule has 22 heavy (non-hydrogen) atoms. The van der Waals surface area contributed by atoms with E-state index in [0.717, 1.165) is 11.3 Å². The molecule has 0 aliphatic rings. The van der Waals surface area contributed by atoms with Crippen molar-refractivity contribution in [1.29, 1.82) is 0 Å². The van der Waals surface area contributed by atoms with Crippen LogP contribution in [0, 0.1) is 0 Å². The molecule has 122 valence electrons. The van der Waals surface area contributed by atoms with Crippen LogP contribution in [-0.4, -0.2) is 37.4 Å². The first-order chi connectivity index (χ1) is 10.7. The van der Waals surface area contributed by atoms with Crippen molar-refractivity contribution in [1.82, 2.24) is 10.6 Å². The average molecular weight is 327 g/mol. The topological polar surface area (TPSA) is 67.4 Å². The molecule has 0 saturated carbocycles. The van der Waals surface area contributed by atoms with Crippen molar-refractivity contribution < 1.29 is 14.3 Å². The lowest BCUT2D eigenvalue weighted by Crippen LogP contribution is -2.35. The van der Waals surface area contributed by atoms with E-state index in [1.165, 1.54) is 0 Å². The van der Waals surface area contributed by atoms with Gasteiger partial charge < -0.3 is 15.4 Å². The number of carbonyl (C=O) groups excluding carboxylic acids is 2. The van der Waals surface area contributed by atoms with E-state index < -0.39 is 0 Å². The van der Waals surface area contributed by atoms with E-state index in [1.807, 2.05) is 31.2 Å². The van der Waals surface area contributed by atoms with Crippen molar-refractivity contribution in [2.75, 3.05) is 25.6 Å². The molecule has 1 aromatic carbocycles. The van der Waals surface area contributed by atoms with Gasteiger partial charge in [-0.1, -0.05) is 12.1 Å². The highest BCUT2D eigenvalue weighted by atomic mass is 35.5. The minimum absolute atomic E-state index is 0.0404. The Labute approximate surface area is 136 Å². The molecule has 0 aliphatic carbocycles. The number of hydrogen-bond acceptors (Lipinski definition) is 3. The quantitative estimate of drug-likeness (QED) is 0.509. The standard InChI is InChI=1S/C16H23ClN2O3/c1-2-22-14-7-5-13(6-8-14)12-16(21)19-11-10-18-15(20)4-3-9-17/h5-8H,2-4,9-12H2,1H3,(H,18,20)(H,19,21). The number of halogens is 1. The van der Waals surface area contributed by atoms with Gasteiger partial charge in [-0.2, -0.15) is 0 Å². The number of amides is 2. The number of rotatable bonds is 10. The van der Waals surface area contributed by atoms with Crippen LogP contribution in [0.5, 0.6) is 5.75 Å². The molecule has 0 heterocycles. The van der Waals surface area contributed by atoms with Crippen molar-refractivity contribution in [2.24, 2.45) is 0 Å². The summed E-state index contributed by atoms with van der Waals surface area (Å²) in [6, 6.07) is 7.45. The van der Waals surface area contributed by atoms with Crippen molar-refractivity contribution in [3.8, 4) is 5.75 Å². The van der Waals surface area contributed by atoms with Crippen LogP contribution in [0.3, 0.4) is 0 Å². The fourth-order valence-electron chi connectivity index (χ4n) is 1.84. The molecule has 0 radical (unpaired) electrons. The molecule has 1 rings (SSSR count). The van der Waals surface area contributed by atoms with E-state index in [2.05, 4.69) is 10.6 Å². The van der Waals surface area contributed by atoms with Crippen LogP contribution in [0.4, 0.5) is 0 Å². The number of benzene rings is 1. The summed E-state index contributed by atoms with van der Waals surface area (Å²) >= 11 is 5.51. The smallest absolute Gasteiger partial charge is 0.224 e. The first-order valence-electron chi connectivity index (χ1n) is 7.46. The molecule has 0 atom stereocenters. The second-order valence-electron chi connectivity index (χ2n) is 4.75. The van der Waals surface area contributed by atoms with Crippen LogP contribution in [-0.2, 0) is 16.0 Å². The van der Waals surface area contributed by atoms with Gasteiger partial charge in [0.15, 0.2) is 0 Å². The highest BCUT2D eigenvalue weighted by Gasteiger charge is 2.04. The zero-order valence-electron chi connectivity index (χ0n) is 12.9. The van der Waals surface area contributed by atoms with Gasteiger partial charge in [0.1, 0.15) is 5.75 Å². The Morgan fingerprint density at radius 2 is 1.73 bits per heavy atom. The molecule has 0 bridgehead atoms. The maximum Gasteiger partial charge on any atom is 0.224 e. The third-order valence-electron chi connectivity index (χ3n) is 2.91. The molecular formula is C16H23ClN2O3. The Morgan fingerprint density at radius 3 is 2.32 bits per heavy atom. The SMILES string of the molecule is CCOc1ccc(CC(=O)NCCNC(=O)CCCCl)cc1. The number of carbonyl (C=O) groups is 2. The summed E-state index contributed by atoms with van der Waals surface area (Å²) in [5.74, 6) is 1.17.